The summed E-state index contributed by atoms with van der Waals surface area (Å²) in [5.74, 6) is -0.305. The fourth-order valence-electron chi connectivity index (χ4n) is 5.65. The third kappa shape index (κ3) is 5.57. The highest BCUT2D eigenvalue weighted by Crippen LogP contribution is 2.54. The number of nitrogens with one attached hydrogen (secondary N) is 2. The molecular formula is C20H27N12O10P2S2+. The zero-order valence-electron chi connectivity index (χ0n) is 23.3. The van der Waals surface area contributed by atoms with Crippen LogP contribution in [-0.2, 0) is 56.2 Å². The summed E-state index contributed by atoms with van der Waals surface area (Å²) in [6, 6.07) is -1.68. The molecule has 3 fully saturated rings. The molecule has 3 saturated heterocycles. The molecule has 3 aliphatic rings. The van der Waals surface area contributed by atoms with Crippen LogP contribution >= 0.6 is 13.5 Å². The number of ether oxygens (including phenoxy) is 2. The summed E-state index contributed by atoms with van der Waals surface area (Å²) in [6.45, 7) is -9.20. The van der Waals surface area contributed by atoms with Gasteiger partial charge in [0.2, 0.25) is 18.7 Å². The number of imidazole rings is 2. The summed E-state index contributed by atoms with van der Waals surface area (Å²) in [4.78, 5) is 56.9. The van der Waals surface area contributed by atoms with E-state index >= 15 is 0 Å². The Kier molecular flexibility index (Phi) is 7.87. The highest BCUT2D eigenvalue weighted by atomic mass is 32.7. The van der Waals surface area contributed by atoms with Gasteiger partial charge in [-0.2, -0.15) is 9.97 Å². The summed E-state index contributed by atoms with van der Waals surface area (Å²) in [6.07, 6.45) is -3.69. The van der Waals surface area contributed by atoms with E-state index in [2.05, 4.69) is 41.4 Å². The van der Waals surface area contributed by atoms with Crippen molar-refractivity contribution in [1.29, 1.82) is 0 Å². The van der Waals surface area contributed by atoms with Gasteiger partial charge in [0.15, 0.2) is 53.0 Å². The van der Waals surface area contributed by atoms with Crippen LogP contribution in [0.4, 0.5) is 11.9 Å². The Hall–Kier alpha value is -2.83. The fourth-order valence-corrected chi connectivity index (χ4v) is 8.59. The van der Waals surface area contributed by atoms with E-state index in [1.807, 2.05) is 0 Å². The van der Waals surface area contributed by atoms with E-state index in [1.165, 1.54) is 21.8 Å². The molecule has 10 atom stereocenters. The second kappa shape index (κ2) is 11.4. The van der Waals surface area contributed by atoms with Gasteiger partial charge in [0.25, 0.3) is 11.1 Å². The van der Waals surface area contributed by atoms with Gasteiger partial charge in [0.05, 0.1) is 25.9 Å². The minimum atomic E-state index is -4.28. The summed E-state index contributed by atoms with van der Waals surface area (Å²) in [5, 5.41) is 0. The molecule has 0 spiro atoms. The zero-order chi connectivity index (χ0) is 32.7. The smallest absolute Gasteiger partial charge is 0.325 e. The lowest BCUT2D eigenvalue weighted by molar-refractivity contribution is -0.445. The number of H-pyrrole nitrogens is 2. The van der Waals surface area contributed by atoms with Gasteiger partial charge >= 0.3 is 6.72 Å². The van der Waals surface area contributed by atoms with Crippen molar-refractivity contribution in [2.75, 3.05) is 24.7 Å². The molecule has 0 amide bonds. The second-order valence-electron chi connectivity index (χ2n) is 10.7. The number of hydrogen-bond acceptors (Lipinski definition) is 17. The van der Waals surface area contributed by atoms with E-state index in [0.29, 0.717) is 0 Å². The molecule has 3 aliphatic heterocycles. The molecule has 0 bridgehead atoms. The van der Waals surface area contributed by atoms with E-state index in [0.717, 1.165) is 0 Å². The lowest BCUT2D eigenvalue weighted by Gasteiger charge is -2.32. The van der Waals surface area contributed by atoms with Crippen LogP contribution in [0.1, 0.15) is 12.5 Å². The predicted molar refractivity (Wildman–Crippen MR) is 159 cm³/mol. The third-order valence-corrected chi connectivity index (χ3v) is 10.8. The van der Waals surface area contributed by atoms with Crippen molar-refractivity contribution in [3.8, 4) is 0 Å². The monoisotopic (exact) mass is 721 g/mol. The molecule has 4 aromatic heterocycles. The van der Waals surface area contributed by atoms with Crippen molar-refractivity contribution < 1.29 is 48.5 Å². The Labute approximate surface area is 266 Å². The largest absolute Gasteiger partial charge is 0.660 e. The van der Waals surface area contributed by atoms with E-state index in [-0.39, 0.29) is 34.2 Å². The maximum atomic E-state index is 13.5. The summed E-state index contributed by atoms with van der Waals surface area (Å²) in [7, 11) is 0. The number of aromatic nitrogens is 8. The number of hydrogen-bond donors (Lipinski definition) is 7. The number of aromatic amines is 2. The first-order valence-electron chi connectivity index (χ1n) is 13.4. The molecule has 13 N–H and O–H groups in total. The first kappa shape index (κ1) is 31.8. The third-order valence-electron chi connectivity index (χ3n) is 7.69. The lowest BCUT2D eigenvalue weighted by Crippen LogP contribution is -2.68. The minimum Gasteiger partial charge on any atom is -0.660 e. The Bertz CT molecular complexity index is 1910. The van der Waals surface area contributed by atoms with Gasteiger partial charge in [-0.05, 0) is 11.8 Å². The Balaban J connectivity index is 1.18. The van der Waals surface area contributed by atoms with E-state index in [1.54, 1.807) is 0 Å². The Morgan fingerprint density at radius 1 is 0.891 bits per heavy atom. The molecule has 0 radical (unpaired) electrons. The van der Waals surface area contributed by atoms with Gasteiger partial charge in [-0.15, -0.1) is 0 Å². The number of nitrogens with zero attached hydrogens (tertiary/aromatic N) is 6. The first-order valence-corrected chi connectivity index (χ1v) is 18.6. The second-order valence-corrected chi connectivity index (χ2v) is 16.2. The number of rotatable bonds is 2. The molecule has 26 heteroatoms. The fraction of sp³-hybridized carbons (Fsp3) is 0.500. The van der Waals surface area contributed by atoms with Gasteiger partial charge in [-0.3, -0.25) is 37.8 Å². The standard InChI is InChI=1S/C20H26N12O10P2S2/c21-7-11-5(39-17(7)31-3-25-9-13(31)27-19(23)29-15(9)33)1-37-43(35,45)42-12-6(2-38-44(36,46)41-11)40-18(8(12)22)32-4-26-10-14(32)28-20(24)30-16(10)34/h3-8,11-12,17-18H,1-2,21-22H2,(H,35,45)(H,36,46)(H3,23,27,29,33)(H3,24,28,30,34)/p+1/t5-,6-,7?,8?,11+,12+,17-,18-,43?,44?/m1/s1. The van der Waals surface area contributed by atoms with Crippen LogP contribution in [0.5, 0.6) is 0 Å². The summed E-state index contributed by atoms with van der Waals surface area (Å²) in [5.41, 5.74) is 18.7. The van der Waals surface area contributed by atoms with Crippen LogP contribution in [0.15, 0.2) is 22.2 Å². The van der Waals surface area contributed by atoms with Gasteiger partial charge in [0.1, 0.15) is 18.3 Å². The molecule has 4 aromatic rings. The SMILES string of the molecule is Nc1nc2c(ncn2[C@@H]2O[C@@H]3COP(O)(=S)O[C@@H]4C([NH3+])[C@H](n5cnc6c(=O)[nH]c(N)nc65)O[C@@H]4COP(=O)([S-])O[C@@H]3C2[NH3+])c(=O)[nH]1. The molecular weight excluding hydrogens is 694 g/mol. The van der Waals surface area contributed by atoms with Crippen molar-refractivity contribution in [3.63, 3.8) is 0 Å². The molecule has 0 saturated carbocycles. The van der Waals surface area contributed by atoms with Gasteiger partial charge in [-0.25, -0.2) is 9.97 Å². The Morgan fingerprint density at radius 2 is 1.35 bits per heavy atom. The van der Waals surface area contributed by atoms with Crippen molar-refractivity contribution in [2.45, 2.75) is 49.0 Å². The molecule has 0 aliphatic carbocycles. The lowest BCUT2D eigenvalue weighted by atomic mass is 10.1. The van der Waals surface area contributed by atoms with Crippen molar-refractivity contribution in [1.82, 2.24) is 39.0 Å². The van der Waals surface area contributed by atoms with Crippen LogP contribution in [-0.4, -0.2) is 93.6 Å². The molecule has 46 heavy (non-hydrogen) atoms. The molecule has 7 rings (SSSR count). The van der Waals surface area contributed by atoms with Crippen LogP contribution in [0.3, 0.4) is 0 Å². The van der Waals surface area contributed by atoms with E-state index in [4.69, 9.17) is 63.1 Å². The zero-order valence-corrected chi connectivity index (χ0v) is 26.7. The van der Waals surface area contributed by atoms with Gasteiger partial charge in [-0.1, -0.05) is 0 Å². The minimum absolute atomic E-state index is 0.00515. The molecule has 4 unspecified atom stereocenters. The van der Waals surface area contributed by atoms with Crippen LogP contribution in [0, 0.1) is 0 Å². The van der Waals surface area contributed by atoms with E-state index < -0.39 is 86.8 Å². The van der Waals surface area contributed by atoms with Crippen molar-refractivity contribution in [2.24, 2.45) is 0 Å². The molecule has 0 aromatic carbocycles. The summed E-state index contributed by atoms with van der Waals surface area (Å²) < 4.78 is 51.6. The average Bonchev–Trinajstić information content (AvgIpc) is 3.72. The van der Waals surface area contributed by atoms with Crippen LogP contribution in [0.2, 0.25) is 0 Å². The Morgan fingerprint density at radius 3 is 1.85 bits per heavy atom. The normalized spacial score (nSPS) is 37.1. The highest BCUT2D eigenvalue weighted by Gasteiger charge is 2.53. The predicted octanol–water partition coefficient (Wildman–Crippen LogP) is -3.88. The maximum absolute atomic E-state index is 13.5. The average molecular weight is 722 g/mol. The van der Waals surface area contributed by atoms with Crippen molar-refractivity contribution >= 4 is 71.8 Å². The topological polar surface area (TPSA) is 327 Å². The van der Waals surface area contributed by atoms with Gasteiger partial charge in [0, 0.05) is 0 Å². The number of quaternary nitrogens is 2. The number of anilines is 2. The van der Waals surface area contributed by atoms with Gasteiger partial charge < -0.3 is 63.1 Å². The maximum Gasteiger partial charge on any atom is 0.325 e. The van der Waals surface area contributed by atoms with Crippen LogP contribution in [0.25, 0.3) is 22.3 Å². The van der Waals surface area contributed by atoms with Crippen LogP contribution < -0.4 is 34.1 Å². The molecule has 248 valence electrons. The number of nitrogen functional groups attached to an aromatic ring is 2. The van der Waals surface area contributed by atoms with Crippen molar-refractivity contribution in [3.05, 3.63) is 33.4 Å². The number of nitrogens with two attached hydrogens (primary N) is 2. The quantitative estimate of drug-likeness (QED) is 0.0769. The molecule has 7 heterocycles. The summed E-state index contributed by atoms with van der Waals surface area (Å²) >= 11 is 10.6. The first-order chi connectivity index (χ1) is 21.7. The highest BCUT2D eigenvalue weighted by molar-refractivity contribution is 8.32. The number of fused-ring (bicyclic) bond motifs is 4. The van der Waals surface area contributed by atoms with E-state index in [9.17, 15) is 19.0 Å². The molecule has 22 nitrogen and oxygen atoms in total.